The van der Waals surface area contributed by atoms with Crippen molar-refractivity contribution in [3.8, 4) is 0 Å². The lowest BCUT2D eigenvalue weighted by Gasteiger charge is -2.26. The molecule has 0 aromatic rings. The maximum Gasteiger partial charge on any atom is 0.0262 e. The van der Waals surface area contributed by atoms with Gasteiger partial charge in [0.05, 0.1) is 0 Å². The molecule has 1 heterocycles. The summed E-state index contributed by atoms with van der Waals surface area (Å²) in [6.07, 6.45) is 5.62. The van der Waals surface area contributed by atoms with E-state index in [1.54, 1.807) is 0 Å². The van der Waals surface area contributed by atoms with Crippen molar-refractivity contribution in [1.29, 1.82) is 0 Å². The molecular formula is C9H13N. The Morgan fingerprint density at radius 2 is 2.60 bits per heavy atom. The average Bonchev–Trinajstić information content (AvgIpc) is 2.22. The summed E-state index contributed by atoms with van der Waals surface area (Å²) in [6.45, 7) is 7.42. The van der Waals surface area contributed by atoms with E-state index >= 15 is 0 Å². The van der Waals surface area contributed by atoms with Crippen LogP contribution < -0.4 is 5.32 Å². The molecule has 1 nitrogen and oxygen atoms in total. The van der Waals surface area contributed by atoms with E-state index in [-0.39, 0.29) is 0 Å². The van der Waals surface area contributed by atoms with Crippen molar-refractivity contribution >= 4 is 0 Å². The van der Waals surface area contributed by atoms with Crippen LogP contribution in [0, 0.1) is 5.41 Å². The highest BCUT2D eigenvalue weighted by atomic mass is 15.0. The lowest BCUT2D eigenvalue weighted by Crippen LogP contribution is -2.20. The molecule has 54 valence electrons. The van der Waals surface area contributed by atoms with Gasteiger partial charge in [-0.2, -0.15) is 0 Å². The van der Waals surface area contributed by atoms with Gasteiger partial charge in [-0.05, 0) is 12.0 Å². The minimum absolute atomic E-state index is 0.361. The molecular weight excluding hydrogens is 122 g/mol. The molecule has 2 rings (SSSR count). The van der Waals surface area contributed by atoms with Gasteiger partial charge in [-0.15, -0.1) is 0 Å². The van der Waals surface area contributed by atoms with Gasteiger partial charge >= 0.3 is 0 Å². The van der Waals surface area contributed by atoms with Crippen molar-refractivity contribution in [2.24, 2.45) is 5.41 Å². The molecule has 2 bridgehead atoms. The van der Waals surface area contributed by atoms with Gasteiger partial charge in [0.25, 0.3) is 0 Å². The summed E-state index contributed by atoms with van der Waals surface area (Å²) in [4.78, 5) is 0. The van der Waals surface area contributed by atoms with Crippen molar-refractivity contribution in [2.75, 3.05) is 6.54 Å². The summed E-state index contributed by atoms with van der Waals surface area (Å²) in [6, 6.07) is 0.621. The van der Waals surface area contributed by atoms with E-state index in [1.807, 2.05) is 0 Å². The van der Waals surface area contributed by atoms with E-state index in [1.165, 1.54) is 12.0 Å². The zero-order valence-corrected chi connectivity index (χ0v) is 6.35. The lowest BCUT2D eigenvalue weighted by molar-refractivity contribution is 0.446. The predicted octanol–water partition coefficient (Wildman–Crippen LogP) is 1.48. The van der Waals surface area contributed by atoms with Gasteiger partial charge in [-0.1, -0.05) is 25.7 Å². The fraction of sp³-hybridized carbons (Fsp3) is 0.556. The third-order valence-corrected chi connectivity index (χ3v) is 2.73. The van der Waals surface area contributed by atoms with Crippen LogP contribution in [0.5, 0.6) is 0 Å². The van der Waals surface area contributed by atoms with Gasteiger partial charge in [0.2, 0.25) is 0 Å². The quantitative estimate of drug-likeness (QED) is 0.530. The maximum absolute atomic E-state index is 4.04. The second-order valence-electron chi connectivity index (χ2n) is 3.64. The Bertz CT molecular complexity index is 205. The van der Waals surface area contributed by atoms with Crippen LogP contribution in [0.2, 0.25) is 0 Å². The first-order valence-corrected chi connectivity index (χ1v) is 3.82. The highest BCUT2D eigenvalue weighted by molar-refractivity contribution is 5.32. The summed E-state index contributed by atoms with van der Waals surface area (Å²) in [5.74, 6) is 0. The standard InChI is InChI=1S/C9H13N/c1-7-3-4-8-5-9(7,2)6-10-8/h3-4,8,10H,1,5-6H2,2H3. The second-order valence-corrected chi connectivity index (χ2v) is 3.64. The van der Waals surface area contributed by atoms with Crippen molar-refractivity contribution in [2.45, 2.75) is 19.4 Å². The number of hydrogen-bond acceptors (Lipinski definition) is 1. The van der Waals surface area contributed by atoms with Crippen molar-refractivity contribution in [3.63, 3.8) is 0 Å². The monoisotopic (exact) mass is 135 g/mol. The van der Waals surface area contributed by atoms with Crippen molar-refractivity contribution in [3.05, 3.63) is 24.3 Å². The van der Waals surface area contributed by atoms with Gasteiger partial charge in [-0.3, -0.25) is 0 Å². The van der Waals surface area contributed by atoms with E-state index in [9.17, 15) is 0 Å². The number of rotatable bonds is 0. The Morgan fingerprint density at radius 3 is 3.30 bits per heavy atom. The summed E-state index contributed by atoms with van der Waals surface area (Å²) in [5.41, 5.74) is 1.65. The second kappa shape index (κ2) is 1.73. The molecule has 1 aliphatic carbocycles. The molecule has 0 aromatic heterocycles. The van der Waals surface area contributed by atoms with Crippen LogP contribution >= 0.6 is 0 Å². The zero-order chi connectivity index (χ0) is 7.19. The lowest BCUT2D eigenvalue weighted by atomic mass is 9.78. The summed E-state index contributed by atoms with van der Waals surface area (Å²) in [5, 5.41) is 3.44. The summed E-state index contributed by atoms with van der Waals surface area (Å²) >= 11 is 0. The van der Waals surface area contributed by atoms with Gasteiger partial charge < -0.3 is 5.32 Å². The van der Waals surface area contributed by atoms with Crippen molar-refractivity contribution < 1.29 is 0 Å². The maximum atomic E-state index is 4.04. The zero-order valence-electron chi connectivity index (χ0n) is 6.35. The third-order valence-electron chi connectivity index (χ3n) is 2.73. The average molecular weight is 135 g/mol. The Morgan fingerprint density at radius 1 is 1.80 bits per heavy atom. The van der Waals surface area contributed by atoms with Crippen LogP contribution in [0.3, 0.4) is 0 Å². The molecule has 2 unspecified atom stereocenters. The minimum Gasteiger partial charge on any atom is -0.310 e. The molecule has 0 saturated carbocycles. The highest BCUT2D eigenvalue weighted by Gasteiger charge is 2.37. The Kier molecular flexibility index (Phi) is 1.07. The molecule has 10 heavy (non-hydrogen) atoms. The fourth-order valence-corrected chi connectivity index (χ4v) is 1.80. The molecule has 1 N–H and O–H groups in total. The molecule has 0 radical (unpaired) electrons. The van der Waals surface area contributed by atoms with Gasteiger partial charge in [0.1, 0.15) is 0 Å². The first-order valence-electron chi connectivity index (χ1n) is 3.82. The van der Waals surface area contributed by atoms with E-state index in [0.29, 0.717) is 11.5 Å². The first kappa shape index (κ1) is 6.17. The van der Waals surface area contributed by atoms with E-state index in [2.05, 4.69) is 31.0 Å². The predicted molar refractivity (Wildman–Crippen MR) is 42.8 cm³/mol. The summed E-state index contributed by atoms with van der Waals surface area (Å²) < 4.78 is 0. The van der Waals surface area contributed by atoms with Crippen LogP contribution in [0.1, 0.15) is 13.3 Å². The molecule has 1 heteroatoms. The van der Waals surface area contributed by atoms with Gasteiger partial charge in [0.15, 0.2) is 0 Å². The third kappa shape index (κ3) is 0.671. The van der Waals surface area contributed by atoms with Gasteiger partial charge in [-0.25, -0.2) is 0 Å². The molecule has 2 aliphatic rings. The van der Waals surface area contributed by atoms with Crippen LogP contribution in [0.25, 0.3) is 0 Å². The number of nitrogens with one attached hydrogen (secondary N) is 1. The Balaban J connectivity index is 2.38. The van der Waals surface area contributed by atoms with Crippen LogP contribution in [-0.2, 0) is 0 Å². The SMILES string of the molecule is C=C1C=CC2CC1(C)CN2. The topological polar surface area (TPSA) is 12.0 Å². The molecule has 1 saturated heterocycles. The van der Waals surface area contributed by atoms with Crippen LogP contribution in [0.15, 0.2) is 24.3 Å². The van der Waals surface area contributed by atoms with E-state index < -0.39 is 0 Å². The molecule has 1 fully saturated rings. The number of fused-ring (bicyclic) bond motifs is 2. The largest absolute Gasteiger partial charge is 0.310 e. The highest BCUT2D eigenvalue weighted by Crippen LogP contribution is 2.39. The smallest absolute Gasteiger partial charge is 0.0262 e. The first-order chi connectivity index (χ1) is 4.71. The minimum atomic E-state index is 0.361. The Labute approximate surface area is 61.8 Å². The molecule has 2 atom stereocenters. The molecule has 0 amide bonds. The molecule has 1 aliphatic heterocycles. The van der Waals surface area contributed by atoms with E-state index in [0.717, 1.165) is 6.54 Å². The summed E-state index contributed by atoms with van der Waals surface area (Å²) in [7, 11) is 0. The van der Waals surface area contributed by atoms with Crippen LogP contribution in [-0.4, -0.2) is 12.6 Å². The normalized spacial score (nSPS) is 44.5. The Hall–Kier alpha value is -0.560. The molecule has 0 aromatic carbocycles. The van der Waals surface area contributed by atoms with Gasteiger partial charge in [0, 0.05) is 18.0 Å². The fourth-order valence-electron chi connectivity index (χ4n) is 1.80. The van der Waals surface area contributed by atoms with Crippen molar-refractivity contribution in [1.82, 2.24) is 5.32 Å². The molecule has 0 spiro atoms. The number of hydrogen-bond donors (Lipinski definition) is 1. The number of allylic oxidation sites excluding steroid dienone is 1. The van der Waals surface area contributed by atoms with E-state index in [4.69, 9.17) is 0 Å². The van der Waals surface area contributed by atoms with Crippen LogP contribution in [0.4, 0.5) is 0 Å².